The number of anilines is 1. The van der Waals surface area contributed by atoms with Gasteiger partial charge in [0.2, 0.25) is 6.17 Å². The number of hydrogen-bond acceptors (Lipinski definition) is 3. The van der Waals surface area contributed by atoms with Crippen molar-refractivity contribution < 1.29 is 9.59 Å². The zero-order valence-corrected chi connectivity index (χ0v) is 16.6. The van der Waals surface area contributed by atoms with Crippen LogP contribution in [0.25, 0.3) is 10.8 Å². The molecule has 5 nitrogen and oxygen atoms in total. The van der Waals surface area contributed by atoms with Gasteiger partial charge in [-0.05, 0) is 29.0 Å². The first-order chi connectivity index (χ1) is 15.2. The van der Waals surface area contributed by atoms with Crippen molar-refractivity contribution in [2.45, 2.75) is 6.17 Å². The van der Waals surface area contributed by atoms with Gasteiger partial charge in [0.15, 0.2) is 0 Å². The highest BCUT2D eigenvalue weighted by Crippen LogP contribution is 2.24. The predicted molar refractivity (Wildman–Crippen MR) is 122 cm³/mol. The van der Waals surface area contributed by atoms with Crippen LogP contribution in [-0.2, 0) is 4.79 Å². The van der Waals surface area contributed by atoms with Crippen LogP contribution in [0.4, 0.5) is 5.69 Å². The summed E-state index contributed by atoms with van der Waals surface area (Å²) in [5, 5.41) is 7.68. The van der Waals surface area contributed by atoms with Crippen LogP contribution in [0.2, 0.25) is 0 Å². The number of benzene rings is 4. The number of carbonyl (C=O) groups is 2. The van der Waals surface area contributed by atoms with Crippen molar-refractivity contribution in [3.8, 4) is 0 Å². The summed E-state index contributed by atoms with van der Waals surface area (Å²) in [6.07, 6.45) is -1.05. The smallest absolute Gasteiger partial charge is 0.269 e. The van der Waals surface area contributed by atoms with E-state index >= 15 is 0 Å². The molecule has 5 rings (SSSR count). The van der Waals surface area contributed by atoms with Crippen LogP contribution in [0.1, 0.15) is 21.5 Å². The van der Waals surface area contributed by atoms with Gasteiger partial charge in [-0.2, -0.15) is 0 Å². The monoisotopic (exact) mass is 405 g/mol. The molecule has 2 amide bonds. The summed E-state index contributed by atoms with van der Waals surface area (Å²) in [7, 11) is 0. The van der Waals surface area contributed by atoms with E-state index in [9.17, 15) is 9.59 Å². The molecule has 4 aromatic carbocycles. The second-order valence-electron chi connectivity index (χ2n) is 7.32. The molecular weight excluding hydrogens is 386 g/mol. The molecule has 0 radical (unpaired) electrons. The Bertz CT molecular complexity index is 1330. The Kier molecular flexibility index (Phi) is 4.77. The van der Waals surface area contributed by atoms with Gasteiger partial charge >= 0.3 is 0 Å². The predicted octanol–water partition coefficient (Wildman–Crippen LogP) is 4.39. The Labute approximate surface area is 179 Å². The van der Waals surface area contributed by atoms with Gasteiger partial charge in [0.1, 0.15) is 0 Å². The number of nitrogens with zero attached hydrogens (tertiary/aromatic N) is 1. The van der Waals surface area contributed by atoms with E-state index in [2.05, 4.69) is 15.6 Å². The SMILES string of the molecule is O=C(N[C@H]1N=C(c2ccccc2)c2ccccc2NC1=O)c1ccc2ccccc2c1. The fourth-order valence-corrected chi connectivity index (χ4v) is 3.72. The van der Waals surface area contributed by atoms with E-state index in [1.807, 2.05) is 91.0 Å². The molecule has 1 aliphatic rings. The topological polar surface area (TPSA) is 70.6 Å². The summed E-state index contributed by atoms with van der Waals surface area (Å²) in [6.45, 7) is 0. The van der Waals surface area contributed by atoms with E-state index in [0.29, 0.717) is 17.0 Å². The molecule has 0 unspecified atom stereocenters. The van der Waals surface area contributed by atoms with E-state index in [0.717, 1.165) is 21.9 Å². The number of carbonyl (C=O) groups excluding carboxylic acids is 2. The minimum Gasteiger partial charge on any atom is -0.322 e. The van der Waals surface area contributed by atoms with Gasteiger partial charge in [0.25, 0.3) is 11.8 Å². The first-order valence-corrected chi connectivity index (χ1v) is 10.0. The van der Waals surface area contributed by atoms with Gasteiger partial charge in [-0.3, -0.25) is 9.59 Å². The minimum atomic E-state index is -1.05. The van der Waals surface area contributed by atoms with Gasteiger partial charge in [-0.1, -0.05) is 78.9 Å². The maximum atomic E-state index is 13.0. The van der Waals surface area contributed by atoms with Crippen molar-refractivity contribution in [3.05, 3.63) is 114 Å². The molecule has 0 aliphatic carbocycles. The maximum Gasteiger partial charge on any atom is 0.269 e. The van der Waals surface area contributed by atoms with Crippen LogP contribution in [0.5, 0.6) is 0 Å². The highest BCUT2D eigenvalue weighted by atomic mass is 16.2. The number of amides is 2. The first-order valence-electron chi connectivity index (χ1n) is 10.0. The van der Waals surface area contributed by atoms with Gasteiger partial charge in [-0.25, -0.2) is 4.99 Å². The van der Waals surface area contributed by atoms with E-state index in [4.69, 9.17) is 0 Å². The van der Waals surface area contributed by atoms with Crippen molar-refractivity contribution in [1.82, 2.24) is 5.32 Å². The summed E-state index contributed by atoms with van der Waals surface area (Å²) >= 11 is 0. The molecule has 31 heavy (non-hydrogen) atoms. The molecule has 0 saturated carbocycles. The Morgan fingerprint density at radius 1 is 0.806 bits per heavy atom. The summed E-state index contributed by atoms with van der Waals surface area (Å²) in [6, 6.07) is 30.4. The van der Waals surface area contributed by atoms with E-state index in [-0.39, 0.29) is 11.8 Å². The summed E-state index contributed by atoms with van der Waals surface area (Å²) in [5.74, 6) is -0.736. The Balaban J connectivity index is 1.52. The van der Waals surface area contributed by atoms with Gasteiger partial charge in [0.05, 0.1) is 11.4 Å². The van der Waals surface area contributed by atoms with Crippen molar-refractivity contribution in [2.24, 2.45) is 4.99 Å². The molecule has 1 heterocycles. The third-order valence-electron chi connectivity index (χ3n) is 5.27. The number of para-hydroxylation sites is 1. The van der Waals surface area contributed by atoms with Gasteiger partial charge in [0, 0.05) is 16.7 Å². The highest BCUT2D eigenvalue weighted by molar-refractivity contribution is 6.20. The third kappa shape index (κ3) is 3.69. The van der Waals surface area contributed by atoms with Crippen LogP contribution >= 0.6 is 0 Å². The second-order valence-corrected chi connectivity index (χ2v) is 7.32. The van der Waals surface area contributed by atoms with Crippen molar-refractivity contribution in [1.29, 1.82) is 0 Å². The first kappa shape index (κ1) is 18.8. The molecule has 4 aromatic rings. The Morgan fingerprint density at radius 3 is 2.35 bits per heavy atom. The summed E-state index contributed by atoms with van der Waals surface area (Å²) < 4.78 is 0. The lowest BCUT2D eigenvalue weighted by Gasteiger charge is -2.14. The number of aliphatic imine (C=N–C) groups is 1. The lowest BCUT2D eigenvalue weighted by atomic mass is 10.0. The van der Waals surface area contributed by atoms with Gasteiger partial charge < -0.3 is 10.6 Å². The summed E-state index contributed by atoms with van der Waals surface area (Å²) in [5.41, 5.74) is 3.47. The van der Waals surface area contributed by atoms with Gasteiger partial charge in [-0.15, -0.1) is 0 Å². The number of benzodiazepines with no additional fused rings is 1. The largest absolute Gasteiger partial charge is 0.322 e. The molecule has 1 atom stereocenters. The minimum absolute atomic E-state index is 0.354. The molecule has 0 bridgehead atoms. The molecular formula is C26H19N3O2. The quantitative estimate of drug-likeness (QED) is 0.531. The average Bonchev–Trinajstić information content (AvgIpc) is 2.95. The van der Waals surface area contributed by atoms with E-state index in [1.54, 1.807) is 6.07 Å². The lowest BCUT2D eigenvalue weighted by molar-refractivity contribution is -0.117. The second kappa shape index (κ2) is 7.88. The molecule has 1 aliphatic heterocycles. The van der Waals surface area contributed by atoms with Crippen molar-refractivity contribution in [3.63, 3.8) is 0 Å². The molecule has 5 heteroatoms. The number of nitrogens with one attached hydrogen (secondary N) is 2. The fourth-order valence-electron chi connectivity index (χ4n) is 3.72. The number of hydrogen-bond donors (Lipinski definition) is 2. The number of rotatable bonds is 3. The maximum absolute atomic E-state index is 13.0. The molecule has 0 aromatic heterocycles. The molecule has 0 fully saturated rings. The molecule has 150 valence electrons. The van der Waals surface area contributed by atoms with E-state index < -0.39 is 6.17 Å². The van der Waals surface area contributed by atoms with Crippen LogP contribution in [0.3, 0.4) is 0 Å². The zero-order valence-electron chi connectivity index (χ0n) is 16.6. The number of fused-ring (bicyclic) bond motifs is 2. The van der Waals surface area contributed by atoms with Crippen LogP contribution in [0, 0.1) is 0 Å². The fraction of sp³-hybridized carbons (Fsp3) is 0.0385. The van der Waals surface area contributed by atoms with E-state index in [1.165, 1.54) is 0 Å². The van der Waals surface area contributed by atoms with Crippen LogP contribution < -0.4 is 10.6 Å². The molecule has 0 saturated heterocycles. The zero-order chi connectivity index (χ0) is 21.2. The van der Waals surface area contributed by atoms with Crippen LogP contribution in [-0.4, -0.2) is 23.7 Å². The Hall–Kier alpha value is -4.25. The Morgan fingerprint density at radius 2 is 1.52 bits per heavy atom. The molecule has 2 N–H and O–H groups in total. The average molecular weight is 405 g/mol. The summed E-state index contributed by atoms with van der Waals surface area (Å²) in [4.78, 5) is 30.5. The normalized spacial score (nSPS) is 15.4. The van der Waals surface area contributed by atoms with Crippen molar-refractivity contribution >= 4 is 34.0 Å². The highest BCUT2D eigenvalue weighted by Gasteiger charge is 2.27. The van der Waals surface area contributed by atoms with Crippen molar-refractivity contribution in [2.75, 3.05) is 5.32 Å². The standard InChI is InChI=1S/C26H19N3O2/c30-25(20-15-14-17-8-4-5-11-19(17)16-20)29-24-26(31)27-22-13-7-6-12-21(22)23(28-24)18-9-2-1-3-10-18/h1-16,24H,(H,27,31)(H,29,30)/t24-/m1/s1. The lowest BCUT2D eigenvalue weighted by Crippen LogP contribution is -2.42. The molecule has 0 spiro atoms. The third-order valence-corrected chi connectivity index (χ3v) is 5.27. The van der Waals surface area contributed by atoms with Crippen LogP contribution in [0.15, 0.2) is 102 Å².